The summed E-state index contributed by atoms with van der Waals surface area (Å²) in [6.07, 6.45) is 0. The maximum Gasteiger partial charge on any atom is 0.318 e. The third-order valence-corrected chi connectivity index (χ3v) is 4.13. The molecule has 1 aliphatic heterocycles. The van der Waals surface area contributed by atoms with Crippen molar-refractivity contribution in [2.24, 2.45) is 5.92 Å². The van der Waals surface area contributed by atoms with Gasteiger partial charge in [0.1, 0.15) is 0 Å². The highest BCUT2D eigenvalue weighted by molar-refractivity contribution is 7.07. The average molecular weight is 265 g/mol. The largest absolute Gasteiger partial charge is 0.408 e. The fraction of sp³-hybridized carbons (Fsp3) is 0.500. The molecule has 2 aromatic rings. The lowest BCUT2D eigenvalue weighted by Crippen LogP contribution is -2.20. The Kier molecular flexibility index (Phi) is 3.05. The molecule has 1 saturated heterocycles. The summed E-state index contributed by atoms with van der Waals surface area (Å²) in [6, 6.07) is 2.68. The topological polar surface area (TPSA) is 62.4 Å². The van der Waals surface area contributed by atoms with Crippen LogP contribution in [0.5, 0.6) is 0 Å². The van der Waals surface area contributed by atoms with E-state index in [2.05, 4.69) is 31.9 Å². The van der Waals surface area contributed by atoms with E-state index >= 15 is 0 Å². The number of aromatic nitrogens is 2. The van der Waals surface area contributed by atoms with Crippen LogP contribution >= 0.6 is 11.3 Å². The first kappa shape index (κ1) is 11.7. The highest BCUT2D eigenvalue weighted by Crippen LogP contribution is 2.35. The van der Waals surface area contributed by atoms with Gasteiger partial charge in [-0.15, -0.1) is 5.10 Å². The van der Waals surface area contributed by atoms with E-state index in [-0.39, 0.29) is 12.5 Å². The normalized spacial score (nSPS) is 23.8. The van der Waals surface area contributed by atoms with Crippen molar-refractivity contribution in [1.29, 1.82) is 0 Å². The van der Waals surface area contributed by atoms with Gasteiger partial charge in [-0.05, 0) is 22.4 Å². The molecule has 2 atom stereocenters. The molecule has 5 nitrogen and oxygen atoms in total. The summed E-state index contributed by atoms with van der Waals surface area (Å²) in [6.45, 7) is 3.55. The van der Waals surface area contributed by atoms with Crippen LogP contribution in [-0.2, 0) is 0 Å². The maximum absolute atomic E-state index is 9.52. The molecule has 0 amide bonds. The molecular formula is C12H15N3O2S. The Bertz CT molecular complexity index is 511. The molecule has 0 radical (unpaired) electrons. The highest BCUT2D eigenvalue weighted by atomic mass is 32.1. The van der Waals surface area contributed by atoms with Crippen LogP contribution < -0.4 is 4.90 Å². The van der Waals surface area contributed by atoms with Gasteiger partial charge in [-0.1, -0.05) is 5.10 Å². The van der Waals surface area contributed by atoms with Gasteiger partial charge in [0.15, 0.2) is 0 Å². The fourth-order valence-corrected chi connectivity index (χ4v) is 3.21. The number of aliphatic hydroxyl groups is 1. The van der Waals surface area contributed by atoms with Crippen molar-refractivity contribution >= 4 is 17.4 Å². The van der Waals surface area contributed by atoms with E-state index in [9.17, 15) is 5.11 Å². The second-order valence-corrected chi connectivity index (χ2v) is 5.39. The van der Waals surface area contributed by atoms with E-state index in [1.165, 1.54) is 5.56 Å². The lowest BCUT2D eigenvalue weighted by Gasteiger charge is -2.13. The third kappa shape index (κ3) is 2.02. The summed E-state index contributed by atoms with van der Waals surface area (Å²) < 4.78 is 5.45. The zero-order valence-electron chi connectivity index (χ0n) is 10.1. The van der Waals surface area contributed by atoms with Crippen LogP contribution in [0.25, 0.3) is 0 Å². The second kappa shape index (κ2) is 4.70. The van der Waals surface area contributed by atoms with Gasteiger partial charge >= 0.3 is 6.01 Å². The Labute approximate surface area is 109 Å². The second-order valence-electron chi connectivity index (χ2n) is 4.61. The molecule has 6 heteroatoms. The Morgan fingerprint density at radius 2 is 2.39 bits per heavy atom. The zero-order valence-corrected chi connectivity index (χ0v) is 10.9. The number of aryl methyl sites for hydroxylation is 1. The molecule has 2 aromatic heterocycles. The molecule has 0 unspecified atom stereocenters. The molecule has 0 saturated carbocycles. The van der Waals surface area contributed by atoms with Crippen LogP contribution in [-0.4, -0.2) is 35.0 Å². The van der Waals surface area contributed by atoms with Gasteiger partial charge in [-0.3, -0.25) is 0 Å². The van der Waals surface area contributed by atoms with Crippen molar-refractivity contribution < 1.29 is 9.52 Å². The predicted molar refractivity (Wildman–Crippen MR) is 68.9 cm³/mol. The van der Waals surface area contributed by atoms with Crippen LogP contribution in [0.1, 0.15) is 17.4 Å². The number of rotatable bonds is 3. The number of thiophene rings is 1. The van der Waals surface area contributed by atoms with Crippen LogP contribution in [0.2, 0.25) is 0 Å². The van der Waals surface area contributed by atoms with Crippen molar-refractivity contribution in [2.75, 3.05) is 24.6 Å². The van der Waals surface area contributed by atoms with Gasteiger partial charge in [0, 0.05) is 38.5 Å². The fourth-order valence-electron chi connectivity index (χ4n) is 2.49. The summed E-state index contributed by atoms with van der Waals surface area (Å²) in [5.41, 5.74) is 1.29. The van der Waals surface area contributed by atoms with Crippen molar-refractivity contribution in [1.82, 2.24) is 10.2 Å². The number of nitrogens with zero attached hydrogens (tertiary/aromatic N) is 3. The molecular weight excluding hydrogens is 250 g/mol. The Morgan fingerprint density at radius 1 is 1.50 bits per heavy atom. The van der Waals surface area contributed by atoms with E-state index in [4.69, 9.17) is 4.42 Å². The van der Waals surface area contributed by atoms with Crippen LogP contribution in [0.4, 0.5) is 6.01 Å². The molecule has 3 heterocycles. The molecule has 1 fully saturated rings. The molecule has 1 aliphatic rings. The minimum atomic E-state index is 0.185. The smallest absolute Gasteiger partial charge is 0.318 e. The summed E-state index contributed by atoms with van der Waals surface area (Å²) in [4.78, 5) is 2.06. The van der Waals surface area contributed by atoms with Crippen LogP contribution in [0, 0.1) is 12.8 Å². The van der Waals surface area contributed by atoms with Crippen molar-refractivity contribution in [3.05, 3.63) is 28.3 Å². The SMILES string of the molecule is Cc1nnc(N2C[C@@H](CO)[C@H](c3ccsc3)C2)o1. The van der Waals surface area contributed by atoms with E-state index in [1.807, 2.05) is 0 Å². The van der Waals surface area contributed by atoms with E-state index in [0.29, 0.717) is 17.8 Å². The average Bonchev–Trinajstić information content (AvgIpc) is 3.07. The van der Waals surface area contributed by atoms with Gasteiger partial charge in [-0.25, -0.2) is 0 Å². The number of aliphatic hydroxyl groups excluding tert-OH is 1. The lowest BCUT2D eigenvalue weighted by atomic mass is 9.92. The standard InChI is InChI=1S/C12H15N3O2S/c1-8-13-14-12(17-8)15-4-10(6-16)11(5-15)9-2-3-18-7-9/h2-3,7,10-11,16H,4-6H2,1H3/t10-,11-/m0/s1. The Hall–Kier alpha value is -1.40. The minimum absolute atomic E-state index is 0.185. The van der Waals surface area contributed by atoms with Crippen molar-refractivity contribution in [3.8, 4) is 0 Å². The van der Waals surface area contributed by atoms with Gasteiger partial charge in [0.25, 0.3) is 0 Å². The van der Waals surface area contributed by atoms with Gasteiger partial charge in [-0.2, -0.15) is 11.3 Å². The molecule has 0 bridgehead atoms. The molecule has 18 heavy (non-hydrogen) atoms. The van der Waals surface area contributed by atoms with Crippen molar-refractivity contribution in [3.63, 3.8) is 0 Å². The number of hydrogen-bond acceptors (Lipinski definition) is 6. The maximum atomic E-state index is 9.52. The quantitative estimate of drug-likeness (QED) is 0.914. The monoisotopic (exact) mass is 265 g/mol. The first-order chi connectivity index (χ1) is 8.78. The van der Waals surface area contributed by atoms with Crippen molar-refractivity contribution in [2.45, 2.75) is 12.8 Å². The molecule has 0 aliphatic carbocycles. The van der Waals surface area contributed by atoms with Crippen LogP contribution in [0.15, 0.2) is 21.2 Å². The Morgan fingerprint density at radius 3 is 3.00 bits per heavy atom. The molecule has 96 valence electrons. The molecule has 0 aromatic carbocycles. The predicted octanol–water partition coefficient (Wildman–Crippen LogP) is 1.65. The van der Waals surface area contributed by atoms with Gasteiger partial charge in [0.2, 0.25) is 5.89 Å². The van der Waals surface area contributed by atoms with Crippen LogP contribution in [0.3, 0.4) is 0 Å². The number of hydrogen-bond donors (Lipinski definition) is 1. The highest BCUT2D eigenvalue weighted by Gasteiger charge is 2.35. The summed E-state index contributed by atoms with van der Waals surface area (Å²) >= 11 is 1.69. The van der Waals surface area contributed by atoms with Gasteiger partial charge in [0.05, 0.1) is 0 Å². The lowest BCUT2D eigenvalue weighted by molar-refractivity contribution is 0.227. The zero-order chi connectivity index (χ0) is 12.5. The molecule has 1 N–H and O–H groups in total. The molecule has 0 spiro atoms. The summed E-state index contributed by atoms with van der Waals surface area (Å²) in [7, 11) is 0. The first-order valence-corrected chi connectivity index (χ1v) is 6.90. The Balaban J connectivity index is 1.81. The van der Waals surface area contributed by atoms with E-state index in [0.717, 1.165) is 13.1 Å². The summed E-state index contributed by atoms with van der Waals surface area (Å²) in [5.74, 6) is 1.14. The third-order valence-electron chi connectivity index (χ3n) is 3.43. The summed E-state index contributed by atoms with van der Waals surface area (Å²) in [5, 5.41) is 21.6. The van der Waals surface area contributed by atoms with Gasteiger partial charge < -0.3 is 14.4 Å². The molecule has 3 rings (SSSR count). The van der Waals surface area contributed by atoms with E-state index < -0.39 is 0 Å². The van der Waals surface area contributed by atoms with E-state index in [1.54, 1.807) is 18.3 Å². The first-order valence-electron chi connectivity index (χ1n) is 5.96. The minimum Gasteiger partial charge on any atom is -0.408 e. The number of anilines is 1.